The Balaban J connectivity index is 2.40. The molecule has 0 saturated heterocycles. The number of sulfonamides is 1. The molecule has 0 amide bonds. The summed E-state index contributed by atoms with van der Waals surface area (Å²) in [5, 5.41) is 0.278. The molecule has 0 atom stereocenters. The first-order valence-electron chi connectivity index (χ1n) is 5.73. The molecule has 1 aromatic heterocycles. The Labute approximate surface area is 120 Å². The van der Waals surface area contributed by atoms with Crippen molar-refractivity contribution in [2.75, 3.05) is 10.5 Å². The van der Waals surface area contributed by atoms with Crippen LogP contribution in [0.4, 0.5) is 15.2 Å². The minimum atomic E-state index is -3.83. The van der Waals surface area contributed by atoms with Crippen molar-refractivity contribution in [2.45, 2.75) is 25.7 Å². The van der Waals surface area contributed by atoms with Crippen LogP contribution in [0.2, 0.25) is 0 Å². The van der Waals surface area contributed by atoms with Crippen molar-refractivity contribution >= 4 is 32.2 Å². The number of thiazole rings is 1. The molecule has 0 aliphatic heterocycles. The standard InChI is InChI=1S/C12H14FN3O2S2/c1-6-4-9(5-10(14)11(6)13)20(17,18)16-12-15-7(2)8(3)19-12/h4-5H,14H2,1-3H3,(H,15,16). The largest absolute Gasteiger partial charge is 0.396 e. The van der Waals surface area contributed by atoms with Crippen molar-refractivity contribution < 1.29 is 12.8 Å². The monoisotopic (exact) mass is 315 g/mol. The van der Waals surface area contributed by atoms with E-state index in [0.29, 0.717) is 0 Å². The number of aromatic nitrogens is 1. The molecule has 0 fully saturated rings. The van der Waals surface area contributed by atoms with Crippen LogP contribution in [0.1, 0.15) is 16.1 Å². The average Bonchev–Trinajstić information content (AvgIpc) is 2.63. The second-order valence-electron chi connectivity index (χ2n) is 4.41. The third-order valence-corrected chi connectivity index (χ3v) is 5.25. The van der Waals surface area contributed by atoms with Crippen molar-refractivity contribution in [1.29, 1.82) is 0 Å². The fourth-order valence-corrected chi connectivity index (χ4v) is 3.78. The zero-order chi connectivity index (χ0) is 15.1. The molecule has 2 aromatic rings. The van der Waals surface area contributed by atoms with Crippen LogP contribution in [-0.4, -0.2) is 13.4 Å². The molecule has 0 saturated carbocycles. The van der Waals surface area contributed by atoms with Gasteiger partial charge in [0.1, 0.15) is 5.82 Å². The number of aryl methyl sites for hydroxylation is 3. The first-order chi connectivity index (χ1) is 9.20. The van der Waals surface area contributed by atoms with Crippen molar-refractivity contribution in [3.05, 3.63) is 34.1 Å². The Bertz CT molecular complexity index is 726. The van der Waals surface area contributed by atoms with Crippen LogP contribution in [-0.2, 0) is 10.0 Å². The predicted molar refractivity (Wildman–Crippen MR) is 77.9 cm³/mol. The Kier molecular flexibility index (Phi) is 3.70. The minimum absolute atomic E-state index is 0.0839. The van der Waals surface area contributed by atoms with E-state index in [1.54, 1.807) is 6.92 Å². The fraction of sp³-hybridized carbons (Fsp3) is 0.250. The van der Waals surface area contributed by atoms with Crippen molar-refractivity contribution in [1.82, 2.24) is 4.98 Å². The molecule has 0 aliphatic carbocycles. The molecule has 0 aliphatic rings. The Morgan fingerprint density at radius 1 is 1.30 bits per heavy atom. The van der Waals surface area contributed by atoms with E-state index in [0.717, 1.165) is 16.6 Å². The number of anilines is 2. The van der Waals surface area contributed by atoms with E-state index in [1.165, 1.54) is 24.3 Å². The molecule has 3 N–H and O–H groups in total. The molecular weight excluding hydrogens is 301 g/mol. The quantitative estimate of drug-likeness (QED) is 0.853. The van der Waals surface area contributed by atoms with Gasteiger partial charge in [0.05, 0.1) is 16.3 Å². The summed E-state index contributed by atoms with van der Waals surface area (Å²) in [4.78, 5) is 4.95. The van der Waals surface area contributed by atoms with Gasteiger partial charge in [-0.1, -0.05) is 0 Å². The first kappa shape index (κ1) is 14.7. The van der Waals surface area contributed by atoms with Crippen LogP contribution in [0.3, 0.4) is 0 Å². The van der Waals surface area contributed by atoms with Crippen LogP contribution in [0.25, 0.3) is 0 Å². The van der Waals surface area contributed by atoms with Gasteiger partial charge in [-0.25, -0.2) is 17.8 Å². The van der Waals surface area contributed by atoms with Crippen LogP contribution >= 0.6 is 11.3 Å². The summed E-state index contributed by atoms with van der Waals surface area (Å²) in [6, 6.07) is 2.33. The molecule has 0 radical (unpaired) electrons. The number of benzene rings is 1. The lowest BCUT2D eigenvalue weighted by Gasteiger charge is -2.08. The first-order valence-corrected chi connectivity index (χ1v) is 8.03. The maximum atomic E-state index is 13.4. The number of nitrogen functional groups attached to an aromatic ring is 1. The predicted octanol–water partition coefficient (Wildman–Crippen LogP) is 2.59. The van der Waals surface area contributed by atoms with Gasteiger partial charge in [0.15, 0.2) is 5.13 Å². The normalized spacial score (nSPS) is 11.6. The summed E-state index contributed by atoms with van der Waals surface area (Å²) in [6.45, 7) is 5.11. The number of hydrogen-bond donors (Lipinski definition) is 2. The highest BCUT2D eigenvalue weighted by Crippen LogP contribution is 2.26. The van der Waals surface area contributed by atoms with Crippen LogP contribution < -0.4 is 10.5 Å². The third kappa shape index (κ3) is 2.75. The SMILES string of the molecule is Cc1cc(S(=O)(=O)Nc2nc(C)c(C)s2)cc(N)c1F. The molecule has 1 aromatic carbocycles. The molecule has 108 valence electrons. The number of hydrogen-bond acceptors (Lipinski definition) is 5. The minimum Gasteiger partial charge on any atom is -0.396 e. The maximum absolute atomic E-state index is 13.4. The highest BCUT2D eigenvalue weighted by Gasteiger charge is 2.19. The summed E-state index contributed by atoms with van der Waals surface area (Å²) < 4.78 is 40.2. The van der Waals surface area contributed by atoms with Gasteiger partial charge in [-0.05, 0) is 38.5 Å². The van der Waals surface area contributed by atoms with Crippen molar-refractivity contribution in [2.24, 2.45) is 0 Å². The van der Waals surface area contributed by atoms with Crippen molar-refractivity contribution in [3.63, 3.8) is 0 Å². The van der Waals surface area contributed by atoms with E-state index in [9.17, 15) is 12.8 Å². The van der Waals surface area contributed by atoms with Crippen molar-refractivity contribution in [3.8, 4) is 0 Å². The highest BCUT2D eigenvalue weighted by molar-refractivity contribution is 7.93. The van der Waals surface area contributed by atoms with Gasteiger partial charge >= 0.3 is 0 Å². The summed E-state index contributed by atoms with van der Waals surface area (Å²) >= 11 is 1.24. The van der Waals surface area contributed by atoms with E-state index < -0.39 is 15.8 Å². The number of halogens is 1. The topological polar surface area (TPSA) is 85.1 Å². The highest BCUT2D eigenvalue weighted by atomic mass is 32.2. The second-order valence-corrected chi connectivity index (χ2v) is 7.30. The molecule has 1 heterocycles. The van der Waals surface area contributed by atoms with Crippen LogP contribution in [0, 0.1) is 26.6 Å². The van der Waals surface area contributed by atoms with Gasteiger partial charge in [-0.3, -0.25) is 4.72 Å². The molecule has 2 rings (SSSR count). The summed E-state index contributed by atoms with van der Waals surface area (Å²) in [5.41, 5.74) is 6.21. The van der Waals surface area contributed by atoms with Gasteiger partial charge in [-0.15, -0.1) is 11.3 Å². The average molecular weight is 315 g/mol. The Morgan fingerprint density at radius 2 is 1.95 bits per heavy atom. The smallest absolute Gasteiger partial charge is 0.263 e. The van der Waals surface area contributed by atoms with Gasteiger partial charge in [0.25, 0.3) is 10.0 Å². The van der Waals surface area contributed by atoms with Gasteiger partial charge in [-0.2, -0.15) is 0 Å². The van der Waals surface area contributed by atoms with E-state index in [4.69, 9.17) is 5.73 Å². The second kappa shape index (κ2) is 5.02. The summed E-state index contributed by atoms with van der Waals surface area (Å²) in [5.74, 6) is -0.607. The molecule has 0 spiro atoms. The van der Waals surface area contributed by atoms with Crippen LogP contribution in [0.5, 0.6) is 0 Å². The van der Waals surface area contributed by atoms with Gasteiger partial charge in [0.2, 0.25) is 0 Å². The molecule has 5 nitrogen and oxygen atoms in total. The van der Waals surface area contributed by atoms with E-state index in [-0.39, 0.29) is 21.3 Å². The number of nitrogens with two attached hydrogens (primary N) is 1. The summed E-state index contributed by atoms with van der Waals surface area (Å²) in [7, 11) is -3.83. The zero-order valence-electron chi connectivity index (χ0n) is 11.2. The Hall–Kier alpha value is -1.67. The Morgan fingerprint density at radius 3 is 2.45 bits per heavy atom. The third-order valence-electron chi connectivity index (χ3n) is 2.82. The fourth-order valence-electron chi connectivity index (χ4n) is 1.61. The molecule has 0 unspecified atom stereocenters. The number of nitrogens with one attached hydrogen (secondary N) is 1. The lowest BCUT2D eigenvalue weighted by atomic mass is 10.2. The zero-order valence-corrected chi connectivity index (χ0v) is 12.8. The van der Waals surface area contributed by atoms with Gasteiger partial charge < -0.3 is 5.73 Å². The lowest BCUT2D eigenvalue weighted by molar-refractivity contribution is 0.599. The van der Waals surface area contributed by atoms with Gasteiger partial charge in [0, 0.05) is 4.88 Å². The molecule has 0 bridgehead atoms. The number of rotatable bonds is 3. The number of nitrogens with zero attached hydrogens (tertiary/aromatic N) is 1. The van der Waals surface area contributed by atoms with Crippen LogP contribution in [0.15, 0.2) is 17.0 Å². The van der Waals surface area contributed by atoms with E-state index in [1.807, 2.05) is 6.92 Å². The van der Waals surface area contributed by atoms with E-state index in [2.05, 4.69) is 9.71 Å². The molecule has 20 heavy (non-hydrogen) atoms. The maximum Gasteiger partial charge on any atom is 0.263 e. The molecular formula is C12H14FN3O2S2. The lowest BCUT2D eigenvalue weighted by Crippen LogP contribution is -2.14. The van der Waals surface area contributed by atoms with E-state index >= 15 is 0 Å². The molecule has 8 heteroatoms. The summed E-state index contributed by atoms with van der Waals surface area (Å²) in [6.07, 6.45) is 0.